The summed E-state index contributed by atoms with van der Waals surface area (Å²) in [4.78, 5) is 25.3. The molecule has 4 rings (SSSR count). The van der Waals surface area contributed by atoms with Crippen LogP contribution in [0.1, 0.15) is 15.9 Å². The number of ether oxygens (including phenoxy) is 1. The van der Waals surface area contributed by atoms with Crippen molar-refractivity contribution in [3.8, 4) is 16.9 Å². The van der Waals surface area contributed by atoms with E-state index in [0.717, 1.165) is 15.4 Å². The third-order valence-corrected chi connectivity index (χ3v) is 5.65. The summed E-state index contributed by atoms with van der Waals surface area (Å²) < 4.78 is 11.6. The predicted octanol–water partition coefficient (Wildman–Crippen LogP) is 5.67. The van der Waals surface area contributed by atoms with E-state index in [4.69, 9.17) is 21.4 Å². The summed E-state index contributed by atoms with van der Waals surface area (Å²) in [6, 6.07) is 19.8. The van der Waals surface area contributed by atoms with E-state index in [0.29, 0.717) is 33.7 Å². The number of para-hydroxylation sites is 1. The van der Waals surface area contributed by atoms with Crippen molar-refractivity contribution in [2.24, 2.45) is 0 Å². The van der Waals surface area contributed by atoms with Gasteiger partial charge in [0.25, 0.3) is 5.91 Å². The molecule has 0 radical (unpaired) electrons. The van der Waals surface area contributed by atoms with Crippen LogP contribution in [0.25, 0.3) is 22.1 Å². The second-order valence-electron chi connectivity index (χ2n) is 7.28. The van der Waals surface area contributed by atoms with Crippen molar-refractivity contribution in [2.75, 3.05) is 12.4 Å². The highest BCUT2D eigenvalue weighted by molar-refractivity contribution is 9.10. The van der Waals surface area contributed by atoms with Crippen molar-refractivity contribution in [3.63, 3.8) is 0 Å². The smallest absolute Gasteiger partial charge is 0.344 e. The molecule has 0 fully saturated rings. The average Bonchev–Trinajstić information content (AvgIpc) is 2.78. The van der Waals surface area contributed by atoms with Gasteiger partial charge in [-0.1, -0.05) is 46.3 Å². The number of hydrogen-bond acceptors (Lipinski definition) is 5. The van der Waals surface area contributed by atoms with Gasteiger partial charge < -0.3 is 14.5 Å². The van der Waals surface area contributed by atoms with Gasteiger partial charge in [0.15, 0.2) is 5.11 Å². The first kappa shape index (κ1) is 22.7. The van der Waals surface area contributed by atoms with E-state index in [1.165, 1.54) is 7.11 Å². The third kappa shape index (κ3) is 4.97. The highest BCUT2D eigenvalue weighted by Gasteiger charge is 2.17. The van der Waals surface area contributed by atoms with Crippen molar-refractivity contribution in [1.29, 1.82) is 0 Å². The van der Waals surface area contributed by atoms with Gasteiger partial charge >= 0.3 is 5.63 Å². The van der Waals surface area contributed by atoms with Crippen LogP contribution in [0.2, 0.25) is 0 Å². The van der Waals surface area contributed by atoms with E-state index in [1.54, 1.807) is 36.4 Å². The monoisotopic (exact) mass is 522 g/mol. The molecule has 0 unspecified atom stereocenters. The first-order valence-corrected chi connectivity index (χ1v) is 11.2. The first-order chi connectivity index (χ1) is 15.9. The molecule has 0 aliphatic rings. The van der Waals surface area contributed by atoms with Crippen LogP contribution in [0.3, 0.4) is 0 Å². The zero-order chi connectivity index (χ0) is 23.5. The van der Waals surface area contributed by atoms with Gasteiger partial charge in [-0.15, -0.1) is 0 Å². The quantitative estimate of drug-likeness (QED) is 0.265. The fourth-order valence-corrected chi connectivity index (χ4v) is 4.31. The molecule has 1 amide bonds. The fraction of sp³-hybridized carbons (Fsp3) is 0.0800. The number of rotatable bonds is 4. The Morgan fingerprint density at radius 1 is 1.06 bits per heavy atom. The number of amides is 1. The number of carbonyl (C=O) groups excluding carboxylic acids is 1. The zero-order valence-corrected chi connectivity index (χ0v) is 20.2. The Kier molecular flexibility index (Phi) is 6.57. The topological polar surface area (TPSA) is 80.6 Å². The summed E-state index contributed by atoms with van der Waals surface area (Å²) in [7, 11) is 1.51. The molecule has 0 saturated carbocycles. The number of fused-ring (bicyclic) bond motifs is 1. The van der Waals surface area contributed by atoms with E-state index in [2.05, 4.69) is 26.6 Å². The van der Waals surface area contributed by atoms with Gasteiger partial charge in [-0.25, -0.2) is 4.79 Å². The fourth-order valence-electron chi connectivity index (χ4n) is 3.53. The average molecular weight is 523 g/mol. The van der Waals surface area contributed by atoms with E-state index in [-0.39, 0.29) is 5.11 Å². The minimum absolute atomic E-state index is 0.113. The van der Waals surface area contributed by atoms with Crippen LogP contribution in [0.4, 0.5) is 5.69 Å². The van der Waals surface area contributed by atoms with Gasteiger partial charge in [0.2, 0.25) is 0 Å². The lowest BCUT2D eigenvalue weighted by Gasteiger charge is -2.14. The number of thiocarbonyl (C=S) groups is 1. The maximum atomic E-state index is 12.8. The number of hydrogen-bond donors (Lipinski definition) is 2. The molecule has 1 aromatic heterocycles. The van der Waals surface area contributed by atoms with E-state index in [1.807, 2.05) is 37.3 Å². The Hall–Kier alpha value is -3.49. The number of aryl methyl sites for hydroxylation is 1. The Morgan fingerprint density at radius 2 is 1.85 bits per heavy atom. The highest BCUT2D eigenvalue weighted by Crippen LogP contribution is 2.28. The minimum atomic E-state index is -0.432. The van der Waals surface area contributed by atoms with E-state index < -0.39 is 11.5 Å². The Labute approximate surface area is 203 Å². The number of benzene rings is 3. The van der Waals surface area contributed by atoms with Crippen LogP contribution in [0.5, 0.6) is 5.75 Å². The van der Waals surface area contributed by atoms with Gasteiger partial charge in [-0.3, -0.25) is 10.1 Å². The molecular formula is C25H19BrN2O4S. The second kappa shape index (κ2) is 9.56. The molecule has 0 aliphatic heterocycles. The molecule has 33 heavy (non-hydrogen) atoms. The lowest BCUT2D eigenvalue weighted by molar-refractivity contribution is 0.0974. The number of halogens is 1. The van der Waals surface area contributed by atoms with Gasteiger partial charge in [-0.05, 0) is 66.7 Å². The Morgan fingerprint density at radius 3 is 2.64 bits per heavy atom. The molecule has 4 aromatic rings. The van der Waals surface area contributed by atoms with Gasteiger partial charge in [-0.2, -0.15) is 0 Å². The van der Waals surface area contributed by atoms with Crippen LogP contribution in [0.15, 0.2) is 80.4 Å². The Balaban J connectivity index is 1.55. The predicted molar refractivity (Wildman–Crippen MR) is 137 cm³/mol. The molecule has 0 atom stereocenters. The standard InChI is InChI=1S/C25H19BrN2O4S/c1-14-10-17(26)13-20(22(14)31-2)23(29)28-25(33)27-18-8-5-7-15(11-18)19-12-16-6-3-4-9-21(16)32-24(19)30/h3-13H,1-2H3,(H2,27,28,29,33). The summed E-state index contributed by atoms with van der Waals surface area (Å²) >= 11 is 8.73. The molecule has 3 aromatic carbocycles. The lowest BCUT2D eigenvalue weighted by Crippen LogP contribution is -2.34. The van der Waals surface area contributed by atoms with Crippen LogP contribution in [0, 0.1) is 6.92 Å². The number of carbonyl (C=O) groups is 1. The number of anilines is 1. The SMILES string of the molecule is COc1c(C)cc(Br)cc1C(=O)NC(=S)Nc1cccc(-c2cc3ccccc3oc2=O)c1. The van der Waals surface area contributed by atoms with E-state index in [9.17, 15) is 9.59 Å². The molecule has 1 heterocycles. The molecular weight excluding hydrogens is 504 g/mol. The first-order valence-electron chi connectivity index (χ1n) is 9.95. The van der Waals surface area contributed by atoms with Gasteiger partial charge in [0.1, 0.15) is 11.3 Å². The van der Waals surface area contributed by atoms with Crippen molar-refractivity contribution in [3.05, 3.63) is 92.7 Å². The largest absolute Gasteiger partial charge is 0.496 e. The minimum Gasteiger partial charge on any atom is -0.496 e. The van der Waals surface area contributed by atoms with Crippen LogP contribution >= 0.6 is 28.1 Å². The van der Waals surface area contributed by atoms with Crippen LogP contribution < -0.4 is 21.0 Å². The highest BCUT2D eigenvalue weighted by atomic mass is 79.9. The molecule has 2 N–H and O–H groups in total. The Bertz CT molecular complexity index is 1450. The molecule has 0 aliphatic carbocycles. The summed E-state index contributed by atoms with van der Waals surface area (Å²) in [6.07, 6.45) is 0. The van der Waals surface area contributed by atoms with Gasteiger partial charge in [0.05, 0.1) is 18.2 Å². The normalized spacial score (nSPS) is 10.6. The number of nitrogens with one attached hydrogen (secondary N) is 2. The van der Waals surface area contributed by atoms with Crippen molar-refractivity contribution in [2.45, 2.75) is 6.92 Å². The van der Waals surface area contributed by atoms with E-state index >= 15 is 0 Å². The maximum absolute atomic E-state index is 12.8. The number of methoxy groups -OCH3 is 1. The second-order valence-corrected chi connectivity index (χ2v) is 8.60. The third-order valence-electron chi connectivity index (χ3n) is 4.99. The molecule has 6 nitrogen and oxygen atoms in total. The summed E-state index contributed by atoms with van der Waals surface area (Å²) in [6.45, 7) is 1.85. The lowest BCUT2D eigenvalue weighted by atomic mass is 10.1. The molecule has 0 saturated heterocycles. The molecule has 166 valence electrons. The molecule has 0 bridgehead atoms. The summed E-state index contributed by atoms with van der Waals surface area (Å²) in [5.41, 5.74) is 2.98. The van der Waals surface area contributed by atoms with Crippen molar-refractivity contribution < 1.29 is 13.9 Å². The van der Waals surface area contributed by atoms with Gasteiger partial charge in [0, 0.05) is 15.5 Å². The molecule has 8 heteroatoms. The maximum Gasteiger partial charge on any atom is 0.344 e. The molecule has 0 spiro atoms. The van der Waals surface area contributed by atoms with Crippen molar-refractivity contribution in [1.82, 2.24) is 5.32 Å². The van der Waals surface area contributed by atoms with Crippen LogP contribution in [-0.2, 0) is 0 Å². The zero-order valence-electron chi connectivity index (χ0n) is 17.8. The van der Waals surface area contributed by atoms with Crippen molar-refractivity contribution >= 4 is 55.8 Å². The summed E-state index contributed by atoms with van der Waals surface area (Å²) in [5, 5.41) is 6.60. The summed E-state index contributed by atoms with van der Waals surface area (Å²) in [5.74, 6) is 0.0728. The van der Waals surface area contributed by atoms with Crippen LogP contribution in [-0.4, -0.2) is 18.1 Å².